The van der Waals surface area contributed by atoms with Crippen LogP contribution in [0.5, 0.6) is 0 Å². The molecule has 0 radical (unpaired) electrons. The summed E-state index contributed by atoms with van der Waals surface area (Å²) in [6.45, 7) is 3.73. The minimum Gasteiger partial charge on any atom is -0.305 e. The summed E-state index contributed by atoms with van der Waals surface area (Å²) in [5.74, 6) is 0.0843. The van der Waals surface area contributed by atoms with E-state index in [4.69, 9.17) is 0 Å². The first-order valence-electron chi connectivity index (χ1n) is 3.43. The van der Waals surface area contributed by atoms with E-state index in [-0.39, 0.29) is 5.92 Å². The van der Waals surface area contributed by atoms with E-state index in [0.717, 1.165) is 0 Å². The van der Waals surface area contributed by atoms with Crippen LogP contribution in [0.1, 0.15) is 25.3 Å². The Hall–Kier alpha value is -1.32. The van der Waals surface area contributed by atoms with Crippen LogP contribution in [0.3, 0.4) is 0 Å². The lowest BCUT2D eigenvalue weighted by molar-refractivity contribution is 0.817. The Morgan fingerprint density at radius 3 is 2.45 bits per heavy atom. The highest BCUT2D eigenvalue weighted by Crippen LogP contribution is 2.04. The van der Waals surface area contributed by atoms with Gasteiger partial charge in [-0.05, 0) is 5.92 Å². The number of H-pyrrole nitrogens is 2. The zero-order chi connectivity index (χ0) is 8.43. The standard InChI is InChI=1S/C7H10N2O2/c1-4(2)5-3-8-9-7(11)6(5)10/h3-4H,1-2H3,(H,8,10)(H,9,11). The minimum atomic E-state index is -0.587. The Morgan fingerprint density at radius 2 is 2.00 bits per heavy atom. The quantitative estimate of drug-likeness (QED) is 0.567. The number of nitrogens with one attached hydrogen (secondary N) is 2. The van der Waals surface area contributed by atoms with Crippen molar-refractivity contribution in [2.24, 2.45) is 0 Å². The van der Waals surface area contributed by atoms with Crippen LogP contribution in [-0.2, 0) is 0 Å². The van der Waals surface area contributed by atoms with Crippen molar-refractivity contribution in [3.8, 4) is 0 Å². The lowest BCUT2D eigenvalue weighted by Gasteiger charge is -2.00. The third kappa shape index (κ3) is 1.39. The highest BCUT2D eigenvalue weighted by molar-refractivity contribution is 5.10. The molecule has 0 aliphatic carbocycles. The maximum absolute atomic E-state index is 11.0. The van der Waals surface area contributed by atoms with E-state index in [1.807, 2.05) is 13.8 Å². The van der Waals surface area contributed by atoms with Crippen LogP contribution < -0.4 is 11.0 Å². The number of hydrogen-bond acceptors (Lipinski definition) is 2. The summed E-state index contributed by atoms with van der Waals surface area (Å²) in [5, 5.41) is 4.72. The van der Waals surface area contributed by atoms with E-state index in [2.05, 4.69) is 10.2 Å². The van der Waals surface area contributed by atoms with Crippen molar-refractivity contribution in [2.75, 3.05) is 0 Å². The van der Waals surface area contributed by atoms with Crippen LogP contribution in [0, 0.1) is 0 Å². The fourth-order valence-electron chi connectivity index (χ4n) is 0.862. The number of hydrogen-bond donors (Lipinski definition) is 2. The Kier molecular flexibility index (Phi) is 1.94. The summed E-state index contributed by atoms with van der Waals surface area (Å²) in [5.41, 5.74) is -0.510. The predicted octanol–water partition coefficient (Wildman–Crippen LogP) is 0.187. The van der Waals surface area contributed by atoms with E-state index >= 15 is 0 Å². The SMILES string of the molecule is CC(C)c1c[nH][nH]c(=O)c1=O. The van der Waals surface area contributed by atoms with Gasteiger partial charge in [-0.15, -0.1) is 0 Å². The molecule has 0 amide bonds. The van der Waals surface area contributed by atoms with Crippen LogP contribution in [0.25, 0.3) is 0 Å². The molecule has 0 aliphatic heterocycles. The first-order valence-corrected chi connectivity index (χ1v) is 3.43. The largest absolute Gasteiger partial charge is 0.310 e. The highest BCUT2D eigenvalue weighted by atomic mass is 16.2. The second-order valence-electron chi connectivity index (χ2n) is 2.68. The average molecular weight is 154 g/mol. The summed E-state index contributed by atoms with van der Waals surface area (Å²) in [4.78, 5) is 21.8. The molecule has 0 fully saturated rings. The van der Waals surface area contributed by atoms with Gasteiger partial charge in [-0.25, -0.2) is 0 Å². The Balaban J connectivity index is 3.41. The fourth-order valence-corrected chi connectivity index (χ4v) is 0.862. The molecule has 0 aliphatic rings. The van der Waals surface area contributed by atoms with Gasteiger partial charge in [0.2, 0.25) is 5.43 Å². The van der Waals surface area contributed by atoms with Crippen LogP contribution in [0.15, 0.2) is 15.8 Å². The normalized spacial score (nSPS) is 10.5. The third-order valence-corrected chi connectivity index (χ3v) is 1.50. The number of aromatic nitrogens is 2. The molecule has 0 atom stereocenters. The van der Waals surface area contributed by atoms with Crippen molar-refractivity contribution in [3.63, 3.8) is 0 Å². The molecule has 60 valence electrons. The van der Waals surface area contributed by atoms with E-state index < -0.39 is 11.0 Å². The summed E-state index contributed by atoms with van der Waals surface area (Å²) in [6, 6.07) is 0. The monoisotopic (exact) mass is 154 g/mol. The molecule has 1 heterocycles. The zero-order valence-corrected chi connectivity index (χ0v) is 6.47. The second-order valence-corrected chi connectivity index (χ2v) is 2.68. The third-order valence-electron chi connectivity index (χ3n) is 1.50. The summed E-state index contributed by atoms with van der Waals surface area (Å²) in [6.07, 6.45) is 1.52. The summed E-state index contributed by atoms with van der Waals surface area (Å²) >= 11 is 0. The minimum absolute atomic E-state index is 0.0843. The van der Waals surface area contributed by atoms with E-state index in [9.17, 15) is 9.59 Å². The van der Waals surface area contributed by atoms with E-state index in [0.29, 0.717) is 5.56 Å². The topological polar surface area (TPSA) is 65.7 Å². The van der Waals surface area contributed by atoms with Crippen molar-refractivity contribution in [1.29, 1.82) is 0 Å². The molecule has 0 saturated heterocycles. The van der Waals surface area contributed by atoms with Gasteiger partial charge in [-0.2, -0.15) is 0 Å². The Bertz CT molecular complexity index is 348. The van der Waals surface area contributed by atoms with Crippen molar-refractivity contribution in [2.45, 2.75) is 19.8 Å². The lowest BCUT2D eigenvalue weighted by atomic mass is 10.1. The molecular formula is C7H10N2O2. The number of aromatic amines is 2. The average Bonchev–Trinajstić information content (AvgIpc) is 1.94. The van der Waals surface area contributed by atoms with Crippen LogP contribution in [-0.4, -0.2) is 10.2 Å². The van der Waals surface area contributed by atoms with Gasteiger partial charge in [0.15, 0.2) is 0 Å². The molecule has 0 bridgehead atoms. The van der Waals surface area contributed by atoms with Gasteiger partial charge in [0, 0.05) is 11.8 Å². The molecule has 1 aromatic heterocycles. The Morgan fingerprint density at radius 1 is 1.36 bits per heavy atom. The molecule has 4 heteroatoms. The molecule has 1 rings (SSSR count). The maximum Gasteiger partial charge on any atom is 0.310 e. The van der Waals surface area contributed by atoms with Gasteiger partial charge >= 0.3 is 5.56 Å². The van der Waals surface area contributed by atoms with Crippen LogP contribution in [0.4, 0.5) is 0 Å². The maximum atomic E-state index is 11.0. The Labute approximate surface area is 63.3 Å². The van der Waals surface area contributed by atoms with E-state index in [1.165, 1.54) is 6.20 Å². The molecule has 2 N–H and O–H groups in total. The van der Waals surface area contributed by atoms with Gasteiger partial charge in [0.1, 0.15) is 0 Å². The van der Waals surface area contributed by atoms with Gasteiger partial charge in [0.05, 0.1) is 0 Å². The van der Waals surface area contributed by atoms with Crippen molar-refractivity contribution in [3.05, 3.63) is 32.3 Å². The summed E-state index contributed by atoms with van der Waals surface area (Å²) in [7, 11) is 0. The highest BCUT2D eigenvalue weighted by Gasteiger charge is 2.05. The van der Waals surface area contributed by atoms with Crippen LogP contribution >= 0.6 is 0 Å². The van der Waals surface area contributed by atoms with Gasteiger partial charge in [-0.3, -0.25) is 14.7 Å². The second kappa shape index (κ2) is 2.74. The molecule has 0 aromatic carbocycles. The van der Waals surface area contributed by atoms with E-state index in [1.54, 1.807) is 0 Å². The molecule has 0 saturated carbocycles. The lowest BCUT2D eigenvalue weighted by Crippen LogP contribution is -2.30. The van der Waals surface area contributed by atoms with Crippen molar-refractivity contribution in [1.82, 2.24) is 10.2 Å². The predicted molar refractivity (Wildman–Crippen MR) is 41.8 cm³/mol. The molecule has 4 nitrogen and oxygen atoms in total. The molecule has 0 unspecified atom stereocenters. The molecule has 1 aromatic rings. The van der Waals surface area contributed by atoms with Crippen LogP contribution in [0.2, 0.25) is 0 Å². The summed E-state index contributed by atoms with van der Waals surface area (Å²) < 4.78 is 0. The smallest absolute Gasteiger partial charge is 0.305 e. The van der Waals surface area contributed by atoms with Gasteiger partial charge < -0.3 is 5.10 Å². The molecule has 0 spiro atoms. The molecular weight excluding hydrogens is 144 g/mol. The zero-order valence-electron chi connectivity index (χ0n) is 6.47. The fraction of sp³-hybridized carbons (Fsp3) is 0.429. The van der Waals surface area contributed by atoms with Crippen molar-refractivity contribution < 1.29 is 0 Å². The van der Waals surface area contributed by atoms with Gasteiger partial charge in [-0.1, -0.05) is 13.8 Å². The first kappa shape index (κ1) is 7.78. The number of rotatable bonds is 1. The van der Waals surface area contributed by atoms with Gasteiger partial charge in [0.25, 0.3) is 0 Å². The molecule has 11 heavy (non-hydrogen) atoms. The van der Waals surface area contributed by atoms with Crippen molar-refractivity contribution >= 4 is 0 Å². The first-order chi connectivity index (χ1) is 5.13.